The molecule has 0 spiro atoms. The largest absolute Gasteiger partial charge is 0.488 e. The van der Waals surface area contributed by atoms with Gasteiger partial charge in [-0.15, -0.1) is 11.3 Å². The molecule has 1 fully saturated rings. The molecule has 4 N–H and O–H groups in total. The molecule has 1 heterocycles. The van der Waals surface area contributed by atoms with E-state index in [1.54, 1.807) is 42.8 Å². The zero-order chi connectivity index (χ0) is 18.7. The number of aromatic nitrogens is 1. The number of amides is 1. The van der Waals surface area contributed by atoms with Crippen molar-refractivity contribution in [2.24, 2.45) is 4.99 Å². The minimum absolute atomic E-state index is 0.0807. The molecule has 0 saturated heterocycles. The number of benzene rings is 1. The standard InChI is InChI=1S/C18H22N4O3S/c1-11-21-8-13(26-11)9-25-12-3-4-15(19)14(7-12)16(20-2)17(24)22-18(10-23)5-6-18/h3-4,7-8,23H,5-6,9-10,19H2,1-2H3,(H,22,24). The Labute approximate surface area is 155 Å². The molecule has 0 bridgehead atoms. The maximum atomic E-state index is 12.6. The Balaban J connectivity index is 1.76. The Morgan fingerprint density at radius 2 is 2.27 bits per heavy atom. The molecule has 1 aromatic heterocycles. The van der Waals surface area contributed by atoms with Gasteiger partial charge in [0.2, 0.25) is 0 Å². The van der Waals surface area contributed by atoms with Gasteiger partial charge in [0, 0.05) is 24.5 Å². The van der Waals surface area contributed by atoms with Crippen LogP contribution in [0.2, 0.25) is 0 Å². The van der Waals surface area contributed by atoms with Gasteiger partial charge in [0.25, 0.3) is 5.91 Å². The average Bonchev–Trinajstić information content (AvgIpc) is 3.28. The average molecular weight is 374 g/mol. The van der Waals surface area contributed by atoms with Crippen LogP contribution in [0.1, 0.15) is 28.3 Å². The highest BCUT2D eigenvalue weighted by Crippen LogP contribution is 2.34. The first-order chi connectivity index (χ1) is 12.5. The second kappa shape index (κ2) is 7.43. The lowest BCUT2D eigenvalue weighted by molar-refractivity contribution is -0.116. The van der Waals surface area contributed by atoms with Gasteiger partial charge >= 0.3 is 0 Å². The van der Waals surface area contributed by atoms with Crippen molar-refractivity contribution in [1.82, 2.24) is 10.3 Å². The molecule has 1 saturated carbocycles. The number of anilines is 1. The minimum Gasteiger partial charge on any atom is -0.488 e. The number of thiazole rings is 1. The van der Waals surface area contributed by atoms with E-state index in [0.29, 0.717) is 23.6 Å². The number of nitrogens with one attached hydrogen (secondary N) is 1. The van der Waals surface area contributed by atoms with Crippen molar-refractivity contribution in [1.29, 1.82) is 0 Å². The lowest BCUT2D eigenvalue weighted by Gasteiger charge is -2.16. The molecule has 8 heteroatoms. The lowest BCUT2D eigenvalue weighted by Crippen LogP contribution is -2.43. The maximum Gasteiger partial charge on any atom is 0.270 e. The smallest absolute Gasteiger partial charge is 0.270 e. The molecule has 0 aliphatic heterocycles. The zero-order valence-corrected chi connectivity index (χ0v) is 15.6. The van der Waals surface area contributed by atoms with E-state index in [4.69, 9.17) is 10.5 Å². The SMILES string of the molecule is CN=C(C(=O)NC1(CO)CC1)c1cc(OCc2cnc(C)s2)ccc1N. The molecule has 1 amide bonds. The Bertz CT molecular complexity index is 843. The van der Waals surface area contributed by atoms with Crippen LogP contribution in [-0.2, 0) is 11.4 Å². The van der Waals surface area contributed by atoms with Crippen LogP contribution in [-0.4, -0.2) is 40.9 Å². The monoisotopic (exact) mass is 374 g/mol. The van der Waals surface area contributed by atoms with E-state index in [0.717, 1.165) is 22.7 Å². The van der Waals surface area contributed by atoms with Crippen LogP contribution in [0, 0.1) is 6.92 Å². The Hall–Kier alpha value is -2.45. The van der Waals surface area contributed by atoms with Crippen molar-refractivity contribution in [2.75, 3.05) is 19.4 Å². The Morgan fingerprint density at radius 3 is 2.85 bits per heavy atom. The van der Waals surface area contributed by atoms with Crippen LogP contribution in [0.15, 0.2) is 29.4 Å². The van der Waals surface area contributed by atoms with E-state index in [1.165, 1.54) is 0 Å². The second-order valence-corrected chi connectivity index (χ2v) is 7.67. The van der Waals surface area contributed by atoms with Gasteiger partial charge in [0.15, 0.2) is 0 Å². The van der Waals surface area contributed by atoms with Crippen LogP contribution < -0.4 is 15.8 Å². The minimum atomic E-state index is -0.514. The molecule has 26 heavy (non-hydrogen) atoms. The number of hydrogen-bond donors (Lipinski definition) is 3. The molecule has 138 valence electrons. The van der Waals surface area contributed by atoms with Crippen LogP contribution in [0.5, 0.6) is 5.75 Å². The van der Waals surface area contributed by atoms with E-state index in [2.05, 4.69) is 15.3 Å². The van der Waals surface area contributed by atoms with Crippen LogP contribution >= 0.6 is 11.3 Å². The maximum absolute atomic E-state index is 12.6. The van der Waals surface area contributed by atoms with E-state index >= 15 is 0 Å². The summed E-state index contributed by atoms with van der Waals surface area (Å²) in [4.78, 5) is 21.9. The van der Waals surface area contributed by atoms with Crippen LogP contribution in [0.3, 0.4) is 0 Å². The van der Waals surface area contributed by atoms with Gasteiger partial charge in [-0.1, -0.05) is 0 Å². The molecule has 7 nitrogen and oxygen atoms in total. The number of ether oxygens (including phenoxy) is 1. The number of aryl methyl sites for hydroxylation is 1. The summed E-state index contributed by atoms with van der Waals surface area (Å²) in [5, 5.41) is 13.2. The molecular formula is C18H22N4O3S. The van der Waals surface area contributed by atoms with Crippen molar-refractivity contribution in [2.45, 2.75) is 31.9 Å². The number of carbonyl (C=O) groups excluding carboxylic acids is 1. The van der Waals surface area contributed by atoms with E-state index in [9.17, 15) is 9.90 Å². The molecule has 1 aromatic carbocycles. The number of hydrogen-bond acceptors (Lipinski definition) is 7. The molecule has 1 aliphatic rings. The first-order valence-corrected chi connectivity index (χ1v) is 9.12. The molecule has 0 radical (unpaired) electrons. The number of aliphatic hydroxyl groups excluding tert-OH is 1. The van der Waals surface area contributed by atoms with E-state index < -0.39 is 5.54 Å². The number of rotatable bonds is 7. The lowest BCUT2D eigenvalue weighted by atomic mass is 10.1. The van der Waals surface area contributed by atoms with Crippen molar-refractivity contribution in [3.05, 3.63) is 39.8 Å². The quantitative estimate of drug-likeness (QED) is 0.504. The van der Waals surface area contributed by atoms with E-state index in [-0.39, 0.29) is 18.2 Å². The number of aliphatic imine (C=N–C) groups is 1. The fourth-order valence-electron chi connectivity index (χ4n) is 2.57. The third-order valence-corrected chi connectivity index (χ3v) is 5.19. The summed E-state index contributed by atoms with van der Waals surface area (Å²) in [5.41, 5.74) is 6.71. The van der Waals surface area contributed by atoms with Gasteiger partial charge in [-0.25, -0.2) is 4.98 Å². The normalized spacial score (nSPS) is 15.6. The van der Waals surface area contributed by atoms with Crippen LogP contribution in [0.4, 0.5) is 5.69 Å². The zero-order valence-electron chi connectivity index (χ0n) is 14.8. The van der Waals surface area contributed by atoms with Crippen LogP contribution in [0.25, 0.3) is 0 Å². The summed E-state index contributed by atoms with van der Waals surface area (Å²) >= 11 is 1.57. The molecule has 0 unspecified atom stereocenters. The van der Waals surface area contributed by atoms with Crippen molar-refractivity contribution in [3.63, 3.8) is 0 Å². The fraction of sp³-hybridized carbons (Fsp3) is 0.389. The number of nitrogens with two attached hydrogens (primary N) is 1. The number of nitrogen functional groups attached to an aromatic ring is 1. The van der Waals surface area contributed by atoms with Gasteiger partial charge < -0.3 is 20.9 Å². The topological polar surface area (TPSA) is 110 Å². The third kappa shape index (κ3) is 4.03. The molecule has 0 atom stereocenters. The number of aliphatic hydroxyl groups is 1. The number of carbonyl (C=O) groups is 1. The summed E-state index contributed by atoms with van der Waals surface area (Å²) < 4.78 is 5.80. The van der Waals surface area contributed by atoms with Gasteiger partial charge in [-0.05, 0) is 38.0 Å². The first kappa shape index (κ1) is 18.3. The van der Waals surface area contributed by atoms with Gasteiger partial charge in [0.1, 0.15) is 18.1 Å². The summed E-state index contributed by atoms with van der Waals surface area (Å²) in [5.74, 6) is 0.249. The van der Waals surface area contributed by atoms with Gasteiger partial charge in [0.05, 0.1) is 22.0 Å². The van der Waals surface area contributed by atoms with Gasteiger partial charge in [-0.3, -0.25) is 9.79 Å². The van der Waals surface area contributed by atoms with Crippen molar-refractivity contribution < 1.29 is 14.6 Å². The van der Waals surface area contributed by atoms with Gasteiger partial charge in [-0.2, -0.15) is 0 Å². The third-order valence-electron chi connectivity index (χ3n) is 4.30. The predicted octanol–water partition coefficient (Wildman–Crippen LogP) is 1.67. The highest BCUT2D eigenvalue weighted by molar-refractivity contribution is 7.11. The van der Waals surface area contributed by atoms with E-state index in [1.807, 2.05) is 6.92 Å². The first-order valence-electron chi connectivity index (χ1n) is 8.30. The molecule has 3 rings (SSSR count). The predicted molar refractivity (Wildman–Crippen MR) is 102 cm³/mol. The molecule has 2 aromatic rings. The van der Waals surface area contributed by atoms with Crippen molar-refractivity contribution >= 4 is 28.6 Å². The highest BCUT2D eigenvalue weighted by Gasteiger charge is 2.44. The highest BCUT2D eigenvalue weighted by atomic mass is 32.1. The second-order valence-electron chi connectivity index (χ2n) is 6.35. The summed E-state index contributed by atoms with van der Waals surface area (Å²) in [7, 11) is 1.54. The summed E-state index contributed by atoms with van der Waals surface area (Å²) in [6, 6.07) is 5.16. The Morgan fingerprint density at radius 1 is 1.50 bits per heavy atom. The summed E-state index contributed by atoms with van der Waals surface area (Å²) in [6.07, 6.45) is 3.31. The van der Waals surface area contributed by atoms with Crippen molar-refractivity contribution in [3.8, 4) is 5.75 Å². The summed E-state index contributed by atoms with van der Waals surface area (Å²) in [6.45, 7) is 2.26. The Kier molecular flexibility index (Phi) is 5.24. The number of nitrogens with zero attached hydrogens (tertiary/aromatic N) is 2. The molecular weight excluding hydrogens is 352 g/mol. The molecule has 1 aliphatic carbocycles. The fourth-order valence-corrected chi connectivity index (χ4v) is 3.28.